The maximum absolute atomic E-state index is 10.3. The highest BCUT2D eigenvalue weighted by Crippen LogP contribution is 2.29. The summed E-state index contributed by atoms with van der Waals surface area (Å²) in [6, 6.07) is 0.694. The molecule has 2 rings (SSSR count). The largest absolute Gasteiger partial charge is 0.392 e. The number of aliphatic hydroxyl groups is 1. The smallest absolute Gasteiger partial charge is 0.0669 e. The second kappa shape index (κ2) is 8.23. The number of likely N-dealkylation sites (tertiary alicyclic amines) is 1. The van der Waals surface area contributed by atoms with E-state index in [0.717, 1.165) is 25.4 Å². The van der Waals surface area contributed by atoms with Gasteiger partial charge in [-0.1, -0.05) is 32.1 Å². The van der Waals surface area contributed by atoms with Crippen molar-refractivity contribution in [3.63, 3.8) is 0 Å². The van der Waals surface area contributed by atoms with E-state index in [9.17, 15) is 5.11 Å². The first-order valence-corrected chi connectivity index (χ1v) is 8.36. The molecule has 3 nitrogen and oxygen atoms in total. The molecule has 1 heterocycles. The van der Waals surface area contributed by atoms with Gasteiger partial charge >= 0.3 is 0 Å². The van der Waals surface area contributed by atoms with Crippen LogP contribution >= 0.6 is 0 Å². The van der Waals surface area contributed by atoms with Crippen LogP contribution in [0.2, 0.25) is 0 Å². The summed E-state index contributed by atoms with van der Waals surface area (Å²) in [6.07, 6.45) is 11.6. The fraction of sp³-hybridized carbons (Fsp3) is 1.00. The van der Waals surface area contributed by atoms with Crippen LogP contribution < -0.4 is 5.32 Å². The molecule has 0 radical (unpaired) electrons. The van der Waals surface area contributed by atoms with Crippen molar-refractivity contribution in [2.24, 2.45) is 5.92 Å². The number of aliphatic hydroxyl groups excluding tert-OH is 1. The molecule has 0 aromatic carbocycles. The second-order valence-electron chi connectivity index (χ2n) is 6.58. The zero-order chi connectivity index (χ0) is 13.5. The Morgan fingerprint density at radius 2 is 1.89 bits per heavy atom. The SMILES string of the molecule is CNCCC1CCCCN1CC(O)CC1CCCC1. The van der Waals surface area contributed by atoms with E-state index in [0.29, 0.717) is 6.04 Å². The van der Waals surface area contributed by atoms with Gasteiger partial charge in [-0.05, 0) is 51.7 Å². The third kappa shape index (κ3) is 5.05. The Bertz CT molecular complexity index is 241. The van der Waals surface area contributed by atoms with Gasteiger partial charge in [-0.25, -0.2) is 0 Å². The highest BCUT2D eigenvalue weighted by Gasteiger charge is 2.25. The van der Waals surface area contributed by atoms with E-state index in [1.807, 2.05) is 7.05 Å². The minimum Gasteiger partial charge on any atom is -0.392 e. The normalized spacial score (nSPS) is 27.8. The molecular weight excluding hydrogens is 236 g/mol. The summed E-state index contributed by atoms with van der Waals surface area (Å²) >= 11 is 0. The molecule has 2 unspecified atom stereocenters. The van der Waals surface area contributed by atoms with Crippen molar-refractivity contribution in [3.05, 3.63) is 0 Å². The quantitative estimate of drug-likeness (QED) is 0.744. The summed E-state index contributed by atoms with van der Waals surface area (Å²) in [7, 11) is 2.03. The van der Waals surface area contributed by atoms with Gasteiger partial charge in [0.25, 0.3) is 0 Å². The van der Waals surface area contributed by atoms with Crippen LogP contribution in [-0.2, 0) is 0 Å². The first-order chi connectivity index (χ1) is 9.29. The minimum absolute atomic E-state index is 0.0988. The molecule has 1 aliphatic heterocycles. The van der Waals surface area contributed by atoms with Crippen LogP contribution in [0.3, 0.4) is 0 Å². The van der Waals surface area contributed by atoms with E-state index in [1.165, 1.54) is 57.9 Å². The molecule has 0 aromatic heterocycles. The minimum atomic E-state index is -0.0988. The molecule has 0 amide bonds. The lowest BCUT2D eigenvalue weighted by Crippen LogP contribution is -2.45. The summed E-state index contributed by atoms with van der Waals surface area (Å²) in [5.74, 6) is 0.801. The lowest BCUT2D eigenvalue weighted by molar-refractivity contribution is 0.0517. The van der Waals surface area contributed by atoms with E-state index in [1.54, 1.807) is 0 Å². The number of rotatable bonds is 7. The molecule has 2 aliphatic rings. The number of hydrogen-bond acceptors (Lipinski definition) is 3. The fourth-order valence-electron chi connectivity index (χ4n) is 3.91. The van der Waals surface area contributed by atoms with Crippen molar-refractivity contribution >= 4 is 0 Å². The van der Waals surface area contributed by atoms with E-state index < -0.39 is 0 Å². The van der Waals surface area contributed by atoms with E-state index in [4.69, 9.17) is 0 Å². The van der Waals surface area contributed by atoms with Crippen molar-refractivity contribution in [2.45, 2.75) is 69.9 Å². The third-order valence-electron chi connectivity index (χ3n) is 5.00. The number of β-amino-alcohol motifs (C(OH)–C–C–N with tert-alkyl or cyclic N) is 1. The zero-order valence-electron chi connectivity index (χ0n) is 12.6. The molecule has 2 atom stereocenters. The van der Waals surface area contributed by atoms with Crippen molar-refractivity contribution in [1.82, 2.24) is 10.2 Å². The molecule has 0 bridgehead atoms. The lowest BCUT2D eigenvalue weighted by Gasteiger charge is -2.37. The average Bonchev–Trinajstić information content (AvgIpc) is 2.90. The van der Waals surface area contributed by atoms with Crippen LogP contribution in [-0.4, -0.2) is 48.8 Å². The molecule has 0 spiro atoms. The van der Waals surface area contributed by atoms with Crippen molar-refractivity contribution in [3.8, 4) is 0 Å². The van der Waals surface area contributed by atoms with Crippen LogP contribution in [0.1, 0.15) is 57.8 Å². The fourth-order valence-corrected chi connectivity index (χ4v) is 3.91. The molecule has 1 aliphatic carbocycles. The Kier molecular flexibility index (Phi) is 6.62. The zero-order valence-corrected chi connectivity index (χ0v) is 12.6. The summed E-state index contributed by atoms with van der Waals surface area (Å²) in [4.78, 5) is 2.56. The molecule has 1 saturated carbocycles. The Hall–Kier alpha value is -0.120. The average molecular weight is 268 g/mol. The van der Waals surface area contributed by atoms with Gasteiger partial charge in [-0.3, -0.25) is 4.90 Å². The summed E-state index contributed by atoms with van der Waals surface area (Å²) in [5.41, 5.74) is 0. The molecule has 0 aromatic rings. The summed E-state index contributed by atoms with van der Waals surface area (Å²) in [5, 5.41) is 13.6. The van der Waals surface area contributed by atoms with Crippen LogP contribution in [0.15, 0.2) is 0 Å². The van der Waals surface area contributed by atoms with Crippen LogP contribution in [0.5, 0.6) is 0 Å². The lowest BCUT2D eigenvalue weighted by atomic mass is 9.96. The molecule has 1 saturated heterocycles. The van der Waals surface area contributed by atoms with Gasteiger partial charge in [0.2, 0.25) is 0 Å². The highest BCUT2D eigenvalue weighted by molar-refractivity contribution is 4.81. The Labute approximate surface area is 118 Å². The van der Waals surface area contributed by atoms with Crippen molar-refractivity contribution < 1.29 is 5.11 Å². The van der Waals surface area contributed by atoms with Gasteiger partial charge in [-0.15, -0.1) is 0 Å². The number of nitrogens with zero attached hydrogens (tertiary/aromatic N) is 1. The Balaban J connectivity index is 1.73. The number of piperidine rings is 1. The predicted molar refractivity (Wildman–Crippen MR) is 80.3 cm³/mol. The van der Waals surface area contributed by atoms with Crippen molar-refractivity contribution in [2.75, 3.05) is 26.7 Å². The Morgan fingerprint density at radius 1 is 1.16 bits per heavy atom. The maximum atomic E-state index is 10.3. The Morgan fingerprint density at radius 3 is 2.63 bits per heavy atom. The van der Waals surface area contributed by atoms with Crippen LogP contribution in [0, 0.1) is 5.92 Å². The van der Waals surface area contributed by atoms with E-state index in [-0.39, 0.29) is 6.10 Å². The molecule has 2 fully saturated rings. The molecule has 2 N–H and O–H groups in total. The van der Waals surface area contributed by atoms with Crippen LogP contribution in [0.25, 0.3) is 0 Å². The van der Waals surface area contributed by atoms with Crippen LogP contribution in [0.4, 0.5) is 0 Å². The van der Waals surface area contributed by atoms with E-state index in [2.05, 4.69) is 10.2 Å². The summed E-state index contributed by atoms with van der Waals surface area (Å²) in [6.45, 7) is 3.20. The molecule has 112 valence electrons. The van der Waals surface area contributed by atoms with Gasteiger partial charge in [0.05, 0.1) is 6.10 Å². The standard InChI is InChI=1S/C16H32N2O/c1-17-10-9-15-8-4-5-11-18(15)13-16(19)12-14-6-2-3-7-14/h14-17,19H,2-13H2,1H3. The summed E-state index contributed by atoms with van der Waals surface area (Å²) < 4.78 is 0. The van der Waals surface area contributed by atoms with Gasteiger partial charge in [0.15, 0.2) is 0 Å². The van der Waals surface area contributed by atoms with Gasteiger partial charge in [0, 0.05) is 12.6 Å². The van der Waals surface area contributed by atoms with Crippen molar-refractivity contribution in [1.29, 1.82) is 0 Å². The number of hydrogen-bond donors (Lipinski definition) is 2. The first kappa shape index (κ1) is 15.3. The van der Waals surface area contributed by atoms with Gasteiger partial charge in [0.1, 0.15) is 0 Å². The number of nitrogens with one attached hydrogen (secondary N) is 1. The highest BCUT2D eigenvalue weighted by atomic mass is 16.3. The monoisotopic (exact) mass is 268 g/mol. The second-order valence-corrected chi connectivity index (χ2v) is 6.58. The molecule has 19 heavy (non-hydrogen) atoms. The predicted octanol–water partition coefficient (Wildman–Crippen LogP) is 2.39. The topological polar surface area (TPSA) is 35.5 Å². The first-order valence-electron chi connectivity index (χ1n) is 8.36. The van der Waals surface area contributed by atoms with E-state index >= 15 is 0 Å². The van der Waals surface area contributed by atoms with Gasteiger partial charge < -0.3 is 10.4 Å². The maximum Gasteiger partial charge on any atom is 0.0669 e. The molecule has 3 heteroatoms. The third-order valence-corrected chi connectivity index (χ3v) is 5.00. The molecular formula is C16H32N2O. The van der Waals surface area contributed by atoms with Gasteiger partial charge in [-0.2, -0.15) is 0 Å².